The van der Waals surface area contributed by atoms with E-state index in [2.05, 4.69) is 19.1 Å². The zero-order valence-electron chi connectivity index (χ0n) is 41.8. The quantitative estimate of drug-likeness (QED) is 0.0173. The Morgan fingerprint density at radius 2 is 1.36 bits per heavy atom. The van der Waals surface area contributed by atoms with Crippen molar-refractivity contribution in [1.82, 2.24) is 0 Å². The largest absolute Gasteiger partial charge is 0.472 e. The number of cyclic esters (lactones) is 1. The van der Waals surface area contributed by atoms with Gasteiger partial charge in [0.1, 0.15) is 31.0 Å². The van der Waals surface area contributed by atoms with E-state index in [1.807, 2.05) is 6.92 Å². The Bertz CT molecular complexity index is 1560. The van der Waals surface area contributed by atoms with E-state index in [9.17, 15) is 69.1 Å². The van der Waals surface area contributed by atoms with Crippen LogP contribution in [-0.4, -0.2) is 137 Å². The molecule has 0 aromatic rings. The fourth-order valence-electron chi connectivity index (χ4n) is 8.93. The molecular weight excluding hydrogens is 954 g/mol. The molecule has 2 aliphatic rings. The number of esters is 2. The standard InChI is InChI=1S/C49H90O19P2/c1-3-5-7-8-9-10-11-12-13-14-15-16-17-18-19-20-25-29-42(53)64-34-37-35-65-70(62,63)68-49-47(58)46(57)44(55)38(28-24-21-22-26-30-43(54)66-37)40(51)33-41(52)39(32-31-36(50)27-23-6-4-2)45(56)48(49)67-69(59,60)61/h12-13,31-32,36-41,44-52,55-58H,3-11,14-30,33-35H2,1-2H3,(H,62,63)(H2,59,60,61)/b13-12-,32-31+/t36-,37+,38-,39-,40-,41+,44+,45+,46-,47+,48+,49-/m0/s1. The minimum absolute atomic E-state index is 0.0249. The van der Waals surface area contributed by atoms with Gasteiger partial charge in [-0.3, -0.25) is 23.2 Å². The zero-order chi connectivity index (χ0) is 52.0. The number of hydrogen-bond acceptors (Lipinski definition) is 16. The van der Waals surface area contributed by atoms with Gasteiger partial charge in [0.25, 0.3) is 0 Å². The van der Waals surface area contributed by atoms with Gasteiger partial charge in [-0.2, -0.15) is 0 Å². The molecule has 1 heterocycles. The second kappa shape index (κ2) is 36.3. The maximum absolute atomic E-state index is 13.7. The van der Waals surface area contributed by atoms with Gasteiger partial charge in [-0.1, -0.05) is 141 Å². The maximum atomic E-state index is 13.7. The lowest BCUT2D eigenvalue weighted by atomic mass is 9.82. The van der Waals surface area contributed by atoms with Crippen molar-refractivity contribution in [1.29, 1.82) is 0 Å². The highest BCUT2D eigenvalue weighted by Crippen LogP contribution is 2.50. The topological polar surface area (TPSA) is 317 Å². The Morgan fingerprint density at radius 3 is 1.99 bits per heavy atom. The molecule has 1 saturated carbocycles. The van der Waals surface area contributed by atoms with Crippen molar-refractivity contribution < 1.29 is 92.2 Å². The van der Waals surface area contributed by atoms with Gasteiger partial charge in [0.05, 0.1) is 37.1 Å². The summed E-state index contributed by atoms with van der Waals surface area (Å²) in [7, 11) is -11.4. The first-order valence-electron chi connectivity index (χ1n) is 26.1. The van der Waals surface area contributed by atoms with Gasteiger partial charge in [0.2, 0.25) is 0 Å². The number of aliphatic hydroxyl groups is 7. The van der Waals surface area contributed by atoms with Gasteiger partial charge in [-0.25, -0.2) is 9.13 Å². The lowest BCUT2D eigenvalue weighted by Crippen LogP contribution is -2.56. The fourth-order valence-corrected chi connectivity index (χ4v) is 10.5. The minimum atomic E-state index is -5.76. The summed E-state index contributed by atoms with van der Waals surface area (Å²) in [5, 5.41) is 79.8. The first-order valence-corrected chi connectivity index (χ1v) is 29.2. The van der Waals surface area contributed by atoms with Crippen LogP contribution in [0.5, 0.6) is 0 Å². The number of aliphatic hydroxyl groups excluding tert-OH is 7. The van der Waals surface area contributed by atoms with E-state index >= 15 is 0 Å². The molecule has 410 valence electrons. The van der Waals surface area contributed by atoms with Crippen molar-refractivity contribution in [3.63, 3.8) is 0 Å². The van der Waals surface area contributed by atoms with Crippen LogP contribution in [0.3, 0.4) is 0 Å². The number of rotatable bonds is 27. The Morgan fingerprint density at radius 1 is 0.771 bits per heavy atom. The van der Waals surface area contributed by atoms with Crippen LogP contribution in [0.15, 0.2) is 24.3 Å². The predicted molar refractivity (Wildman–Crippen MR) is 262 cm³/mol. The summed E-state index contributed by atoms with van der Waals surface area (Å²) in [6.45, 7) is 2.62. The third kappa shape index (κ3) is 27.6. The molecular formula is C49H90O19P2. The number of phosphoric acid groups is 2. The van der Waals surface area contributed by atoms with Crippen molar-refractivity contribution in [2.75, 3.05) is 13.2 Å². The molecule has 13 atom stereocenters. The second-order valence-electron chi connectivity index (χ2n) is 19.2. The van der Waals surface area contributed by atoms with Crippen LogP contribution in [0, 0.1) is 11.8 Å². The molecule has 1 unspecified atom stereocenters. The lowest BCUT2D eigenvalue weighted by molar-refractivity contribution is -0.166. The Kier molecular flexibility index (Phi) is 33.5. The summed E-state index contributed by atoms with van der Waals surface area (Å²) in [6.07, 6.45) is 6.15. The van der Waals surface area contributed by atoms with Crippen molar-refractivity contribution in [3.8, 4) is 0 Å². The van der Waals surface area contributed by atoms with Crippen LogP contribution >= 0.6 is 15.6 Å². The normalized spacial score (nSPS) is 31.0. The smallest absolute Gasteiger partial charge is 0.462 e. The predicted octanol–water partition coefficient (Wildman–Crippen LogP) is 6.89. The highest BCUT2D eigenvalue weighted by Gasteiger charge is 2.51. The Balaban J connectivity index is 2.22. The summed E-state index contributed by atoms with van der Waals surface area (Å²) < 4.78 is 52.3. The average Bonchev–Trinajstić information content (AvgIpc) is 3.30. The van der Waals surface area contributed by atoms with Crippen molar-refractivity contribution in [2.24, 2.45) is 11.8 Å². The van der Waals surface area contributed by atoms with E-state index in [1.165, 1.54) is 44.6 Å². The van der Waals surface area contributed by atoms with Crippen LogP contribution in [0.25, 0.3) is 0 Å². The molecule has 0 aromatic carbocycles. The highest BCUT2D eigenvalue weighted by atomic mass is 31.2. The molecule has 70 heavy (non-hydrogen) atoms. The van der Waals surface area contributed by atoms with E-state index < -0.39 is 120 Å². The molecule has 0 amide bonds. The monoisotopic (exact) mass is 1040 g/mol. The van der Waals surface area contributed by atoms with Crippen LogP contribution in [0.2, 0.25) is 0 Å². The van der Waals surface area contributed by atoms with E-state index in [-0.39, 0.29) is 25.7 Å². The number of hydrogen-bond donors (Lipinski definition) is 10. The summed E-state index contributed by atoms with van der Waals surface area (Å²) in [5.41, 5.74) is 0. The van der Waals surface area contributed by atoms with Crippen LogP contribution in [0.4, 0.5) is 0 Å². The number of phosphoric ester groups is 2. The molecule has 19 nitrogen and oxygen atoms in total. The molecule has 2 fully saturated rings. The van der Waals surface area contributed by atoms with Crippen LogP contribution < -0.4 is 0 Å². The maximum Gasteiger partial charge on any atom is 0.472 e. The number of ether oxygens (including phenoxy) is 2. The highest BCUT2D eigenvalue weighted by molar-refractivity contribution is 7.47. The molecule has 21 heteroatoms. The van der Waals surface area contributed by atoms with Gasteiger partial charge < -0.3 is 59.9 Å². The molecule has 1 aliphatic heterocycles. The Hall–Kier alpha value is -1.64. The molecule has 0 aromatic heterocycles. The van der Waals surface area contributed by atoms with Gasteiger partial charge in [-0.05, 0) is 51.4 Å². The summed E-state index contributed by atoms with van der Waals surface area (Å²) in [6, 6.07) is 0. The first-order chi connectivity index (χ1) is 33.3. The molecule has 1 saturated heterocycles. The van der Waals surface area contributed by atoms with E-state index in [4.69, 9.17) is 23.0 Å². The zero-order valence-corrected chi connectivity index (χ0v) is 43.6. The number of fused-ring (bicyclic) bond motifs is 4. The number of carbonyl (C=O) groups is 2. The fraction of sp³-hybridized carbons (Fsp3) is 0.878. The third-order valence-corrected chi connectivity index (χ3v) is 14.6. The third-order valence-electron chi connectivity index (χ3n) is 13.1. The van der Waals surface area contributed by atoms with Crippen LogP contribution in [-0.2, 0) is 41.8 Å². The molecule has 1 aliphatic carbocycles. The summed E-state index contributed by atoms with van der Waals surface area (Å²) >= 11 is 0. The number of allylic oxidation sites excluding steroid dienone is 2. The van der Waals surface area contributed by atoms with Gasteiger partial charge in [0, 0.05) is 31.1 Å². The van der Waals surface area contributed by atoms with Gasteiger partial charge >= 0.3 is 27.6 Å². The van der Waals surface area contributed by atoms with E-state index in [1.54, 1.807) is 0 Å². The second-order valence-corrected chi connectivity index (χ2v) is 21.8. The van der Waals surface area contributed by atoms with Crippen molar-refractivity contribution in [2.45, 2.75) is 248 Å². The summed E-state index contributed by atoms with van der Waals surface area (Å²) in [5.74, 6) is -4.35. The lowest BCUT2D eigenvalue weighted by Gasteiger charge is -2.39. The first kappa shape index (κ1) is 64.5. The number of unbranched alkanes of at least 4 members (excludes halogenated alkanes) is 15. The van der Waals surface area contributed by atoms with Gasteiger partial charge in [-0.15, -0.1) is 0 Å². The minimum Gasteiger partial charge on any atom is -0.462 e. The van der Waals surface area contributed by atoms with Crippen molar-refractivity contribution >= 4 is 27.6 Å². The molecule has 2 bridgehead atoms. The van der Waals surface area contributed by atoms with Crippen LogP contribution in [0.1, 0.15) is 187 Å². The van der Waals surface area contributed by atoms with E-state index in [0.29, 0.717) is 38.5 Å². The molecule has 2 rings (SSSR count). The molecule has 0 radical (unpaired) electrons. The average molecular weight is 1050 g/mol. The number of carbonyl (C=O) groups excluding carboxylic acids is 2. The van der Waals surface area contributed by atoms with Gasteiger partial charge in [0.15, 0.2) is 6.10 Å². The SMILES string of the molecule is CCCCCCCC/C=C\CCCCCCCCCC(=O)OC[C@@H]1COP(=O)(O)O[C@H]2[C@H](O)[C@@H](O)[C@H](O)[C@@H](CCCCCCC(=O)O1)[C@@H](O)C[C@@H](O)[C@H](/C=C/[C@@H](O)CCCCC)[C@@H](O)[C@H]2OP(=O)(O)O. The van der Waals surface area contributed by atoms with E-state index in [0.717, 1.165) is 70.3 Å². The summed E-state index contributed by atoms with van der Waals surface area (Å²) in [4.78, 5) is 56.8. The molecule has 10 N–H and O–H groups in total. The van der Waals surface area contributed by atoms with Crippen molar-refractivity contribution in [3.05, 3.63) is 24.3 Å². The Labute approximate surface area is 416 Å². The molecule has 0 spiro atoms.